The standard InChI is InChI=1S/C19H18ClN5O3/c1-2-24-10-11(7-16(24)26)15-8-17(27)25-18(23-15)14(9-21-25)19(28)22-13-5-3-12(20)4-6-13/h3-6,8-9,11,21H,2,7,10H2,1H3,(H,22,28)/t11-/m1/s1. The molecule has 3 heterocycles. The summed E-state index contributed by atoms with van der Waals surface area (Å²) in [5.41, 5.74) is 1.25. The number of carbonyl (C=O) groups is 2. The molecule has 1 fully saturated rings. The van der Waals surface area contributed by atoms with Crippen LogP contribution in [-0.4, -0.2) is 44.4 Å². The van der Waals surface area contributed by atoms with Crippen molar-refractivity contribution in [1.29, 1.82) is 0 Å². The van der Waals surface area contributed by atoms with Gasteiger partial charge in [0.15, 0.2) is 5.65 Å². The van der Waals surface area contributed by atoms with Gasteiger partial charge in [-0.1, -0.05) is 11.6 Å². The van der Waals surface area contributed by atoms with Crippen molar-refractivity contribution in [2.24, 2.45) is 0 Å². The van der Waals surface area contributed by atoms with Crippen LogP contribution in [0.4, 0.5) is 5.69 Å². The minimum atomic E-state index is -0.400. The lowest BCUT2D eigenvalue weighted by atomic mass is 10.0. The van der Waals surface area contributed by atoms with E-state index in [9.17, 15) is 14.4 Å². The first kappa shape index (κ1) is 18.2. The van der Waals surface area contributed by atoms with Gasteiger partial charge in [0.2, 0.25) is 5.91 Å². The van der Waals surface area contributed by atoms with Crippen molar-refractivity contribution in [3.05, 3.63) is 63.2 Å². The number of benzene rings is 1. The molecule has 9 heteroatoms. The number of halogens is 1. The van der Waals surface area contributed by atoms with Crippen LogP contribution < -0.4 is 10.9 Å². The molecule has 0 radical (unpaired) electrons. The Balaban J connectivity index is 1.67. The number of fused-ring (bicyclic) bond motifs is 1. The number of amides is 2. The van der Waals surface area contributed by atoms with E-state index in [1.54, 1.807) is 29.2 Å². The van der Waals surface area contributed by atoms with Crippen molar-refractivity contribution in [2.45, 2.75) is 19.3 Å². The van der Waals surface area contributed by atoms with Gasteiger partial charge in [-0.25, -0.2) is 9.50 Å². The van der Waals surface area contributed by atoms with Gasteiger partial charge in [-0.3, -0.25) is 19.5 Å². The third-order valence-corrected chi connectivity index (χ3v) is 5.13. The molecule has 4 rings (SSSR count). The van der Waals surface area contributed by atoms with Crippen LogP contribution in [-0.2, 0) is 4.79 Å². The van der Waals surface area contributed by atoms with Crippen LogP contribution in [0.5, 0.6) is 0 Å². The molecular formula is C19H18ClN5O3. The third kappa shape index (κ3) is 3.27. The van der Waals surface area contributed by atoms with Crippen LogP contribution in [0.1, 0.15) is 35.3 Å². The highest BCUT2D eigenvalue weighted by Gasteiger charge is 2.31. The zero-order valence-corrected chi connectivity index (χ0v) is 15.9. The van der Waals surface area contributed by atoms with Crippen molar-refractivity contribution in [3.8, 4) is 0 Å². The maximum Gasteiger partial charge on any atom is 0.272 e. The number of hydrogen-bond acceptors (Lipinski definition) is 4. The number of anilines is 1. The number of aromatic amines is 1. The Hall–Kier alpha value is -3.13. The normalized spacial score (nSPS) is 16.7. The molecule has 3 aromatic rings. The zero-order chi connectivity index (χ0) is 19.8. The lowest BCUT2D eigenvalue weighted by molar-refractivity contribution is -0.127. The molecular weight excluding hydrogens is 382 g/mol. The average Bonchev–Trinajstić information content (AvgIpc) is 3.27. The van der Waals surface area contributed by atoms with Crippen LogP contribution in [0.3, 0.4) is 0 Å². The van der Waals surface area contributed by atoms with Crippen molar-refractivity contribution in [3.63, 3.8) is 0 Å². The number of likely N-dealkylation sites (N-methyl/N-ethyl adjacent to an activating group) is 1. The van der Waals surface area contributed by atoms with Gasteiger partial charge < -0.3 is 10.2 Å². The Bertz CT molecular complexity index is 1120. The molecule has 0 bridgehead atoms. The highest BCUT2D eigenvalue weighted by molar-refractivity contribution is 6.30. The fraction of sp³-hybridized carbons (Fsp3) is 0.263. The average molecular weight is 400 g/mol. The Morgan fingerprint density at radius 2 is 2.07 bits per heavy atom. The van der Waals surface area contributed by atoms with E-state index in [1.165, 1.54) is 16.8 Å². The first-order valence-corrected chi connectivity index (χ1v) is 9.30. The number of H-pyrrole nitrogens is 1. The largest absolute Gasteiger partial charge is 0.342 e. The second-order valence-corrected chi connectivity index (χ2v) is 7.10. The van der Waals surface area contributed by atoms with Crippen LogP contribution in [0.25, 0.3) is 5.65 Å². The number of aromatic nitrogens is 3. The van der Waals surface area contributed by atoms with E-state index < -0.39 is 5.91 Å². The number of likely N-dealkylation sites (tertiary alicyclic amines) is 1. The summed E-state index contributed by atoms with van der Waals surface area (Å²) in [5, 5.41) is 6.09. The van der Waals surface area contributed by atoms with Crippen molar-refractivity contribution >= 4 is 34.7 Å². The lowest BCUT2D eigenvalue weighted by Gasteiger charge is -2.13. The molecule has 1 atom stereocenters. The van der Waals surface area contributed by atoms with Gasteiger partial charge in [0.05, 0.1) is 5.69 Å². The summed E-state index contributed by atoms with van der Waals surface area (Å²) in [7, 11) is 0. The van der Waals surface area contributed by atoms with E-state index in [0.29, 0.717) is 35.9 Å². The van der Waals surface area contributed by atoms with Crippen molar-refractivity contribution in [1.82, 2.24) is 19.5 Å². The summed E-state index contributed by atoms with van der Waals surface area (Å²) >= 11 is 5.86. The van der Waals surface area contributed by atoms with E-state index in [1.807, 2.05) is 6.92 Å². The summed E-state index contributed by atoms with van der Waals surface area (Å²) in [4.78, 5) is 43.4. The lowest BCUT2D eigenvalue weighted by Crippen LogP contribution is -2.24. The smallest absolute Gasteiger partial charge is 0.272 e. The first-order valence-electron chi connectivity index (χ1n) is 8.92. The Kier molecular flexibility index (Phi) is 4.64. The van der Waals surface area contributed by atoms with E-state index >= 15 is 0 Å². The van der Waals surface area contributed by atoms with Gasteiger partial charge >= 0.3 is 0 Å². The Labute approximate surface area is 165 Å². The highest BCUT2D eigenvalue weighted by Crippen LogP contribution is 2.26. The molecule has 2 N–H and O–H groups in total. The molecule has 0 unspecified atom stereocenters. The SMILES string of the molecule is CCN1C[C@H](c2cc(=O)n3[nH]cc(C(=O)Nc4ccc(Cl)cc4)c3n2)CC1=O. The molecule has 1 aliphatic rings. The summed E-state index contributed by atoms with van der Waals surface area (Å²) < 4.78 is 1.22. The highest BCUT2D eigenvalue weighted by atomic mass is 35.5. The quantitative estimate of drug-likeness (QED) is 0.702. The molecule has 1 aromatic carbocycles. The van der Waals surface area contributed by atoms with Gasteiger partial charge in [0.1, 0.15) is 5.56 Å². The van der Waals surface area contributed by atoms with Gasteiger partial charge in [-0.15, -0.1) is 0 Å². The third-order valence-electron chi connectivity index (χ3n) is 4.88. The molecule has 0 saturated carbocycles. The summed E-state index contributed by atoms with van der Waals surface area (Å²) in [5.74, 6) is -0.515. The van der Waals surface area contributed by atoms with Gasteiger partial charge in [-0.05, 0) is 31.2 Å². The maximum atomic E-state index is 12.7. The van der Waals surface area contributed by atoms with Crippen molar-refractivity contribution in [2.75, 3.05) is 18.4 Å². The zero-order valence-electron chi connectivity index (χ0n) is 15.1. The fourth-order valence-corrected chi connectivity index (χ4v) is 3.51. The fourth-order valence-electron chi connectivity index (χ4n) is 3.38. The molecule has 8 nitrogen and oxygen atoms in total. The molecule has 144 valence electrons. The van der Waals surface area contributed by atoms with Crippen LogP contribution >= 0.6 is 11.6 Å². The predicted molar refractivity (Wildman–Crippen MR) is 105 cm³/mol. The summed E-state index contributed by atoms with van der Waals surface area (Å²) in [6.45, 7) is 3.06. The second-order valence-electron chi connectivity index (χ2n) is 6.66. The number of rotatable bonds is 4. The first-order chi connectivity index (χ1) is 13.5. The minimum absolute atomic E-state index is 0.0456. The van der Waals surface area contributed by atoms with Crippen LogP contribution in [0, 0.1) is 0 Å². The van der Waals surface area contributed by atoms with Crippen LogP contribution in [0.2, 0.25) is 5.02 Å². The molecule has 2 amide bonds. The Morgan fingerprint density at radius 3 is 2.75 bits per heavy atom. The van der Waals surface area contributed by atoms with Gasteiger partial charge in [0.25, 0.3) is 11.5 Å². The molecule has 1 saturated heterocycles. The van der Waals surface area contributed by atoms with E-state index in [2.05, 4.69) is 15.4 Å². The predicted octanol–water partition coefficient (Wildman–Crippen LogP) is 2.26. The molecule has 28 heavy (non-hydrogen) atoms. The monoisotopic (exact) mass is 399 g/mol. The van der Waals surface area contributed by atoms with Crippen molar-refractivity contribution < 1.29 is 9.59 Å². The molecule has 0 spiro atoms. The number of carbonyl (C=O) groups excluding carboxylic acids is 2. The maximum absolute atomic E-state index is 12.7. The van der Waals surface area contributed by atoms with Crippen LogP contribution in [0.15, 0.2) is 41.3 Å². The van der Waals surface area contributed by atoms with Gasteiger partial charge in [-0.2, -0.15) is 0 Å². The number of nitrogens with zero attached hydrogens (tertiary/aromatic N) is 3. The second kappa shape index (κ2) is 7.12. The topological polar surface area (TPSA) is 99.6 Å². The van der Waals surface area contributed by atoms with E-state index in [4.69, 9.17) is 11.6 Å². The molecule has 1 aliphatic heterocycles. The Morgan fingerprint density at radius 1 is 1.32 bits per heavy atom. The number of hydrogen-bond donors (Lipinski definition) is 2. The van der Waals surface area contributed by atoms with E-state index in [-0.39, 0.29) is 28.6 Å². The van der Waals surface area contributed by atoms with Gasteiger partial charge in [0, 0.05) is 48.4 Å². The van der Waals surface area contributed by atoms with E-state index in [0.717, 1.165) is 0 Å². The number of nitrogens with one attached hydrogen (secondary N) is 2. The summed E-state index contributed by atoms with van der Waals surface area (Å²) in [6, 6.07) is 8.13. The summed E-state index contributed by atoms with van der Waals surface area (Å²) in [6.07, 6.45) is 1.75. The minimum Gasteiger partial charge on any atom is -0.342 e. The molecule has 2 aromatic heterocycles. The molecule has 0 aliphatic carbocycles.